The zero-order valence-electron chi connectivity index (χ0n) is 12.6. The lowest BCUT2D eigenvalue weighted by atomic mass is 10.1. The molecule has 0 radical (unpaired) electrons. The van der Waals surface area contributed by atoms with Crippen molar-refractivity contribution < 1.29 is 9.53 Å². The number of benzene rings is 1. The Morgan fingerprint density at radius 3 is 2.65 bits per heavy atom. The van der Waals surface area contributed by atoms with Crippen molar-refractivity contribution >= 4 is 11.6 Å². The van der Waals surface area contributed by atoms with Crippen LogP contribution in [0.25, 0.3) is 16.9 Å². The lowest BCUT2D eigenvalue weighted by Crippen LogP contribution is -2.20. The average molecular weight is 310 g/mol. The summed E-state index contributed by atoms with van der Waals surface area (Å²) in [6, 6.07) is 13.5. The fourth-order valence-electron chi connectivity index (χ4n) is 2.56. The minimum atomic E-state index is -0.524. The van der Waals surface area contributed by atoms with E-state index < -0.39 is 5.91 Å². The molecular weight excluding hydrogens is 292 g/mol. The highest BCUT2D eigenvalue weighted by atomic mass is 16.5. The first kappa shape index (κ1) is 15.1. The van der Waals surface area contributed by atoms with Crippen LogP contribution >= 0.6 is 0 Å². The number of ether oxygens (including phenoxy) is 1. The van der Waals surface area contributed by atoms with Crippen molar-refractivity contribution in [1.82, 2.24) is 9.38 Å². The average Bonchev–Trinajstić information content (AvgIpc) is 2.93. The lowest BCUT2D eigenvalue weighted by molar-refractivity contribution is -0.119. The van der Waals surface area contributed by atoms with Crippen LogP contribution in [-0.4, -0.2) is 28.4 Å². The van der Waals surface area contributed by atoms with Gasteiger partial charge in [-0.05, 0) is 18.7 Å². The van der Waals surface area contributed by atoms with Crippen LogP contribution in [0.2, 0.25) is 0 Å². The van der Waals surface area contributed by atoms with Gasteiger partial charge < -0.3 is 20.6 Å². The van der Waals surface area contributed by atoms with E-state index in [-0.39, 0.29) is 6.61 Å². The zero-order valence-corrected chi connectivity index (χ0v) is 12.6. The third-order valence-electron chi connectivity index (χ3n) is 3.51. The molecule has 0 aliphatic heterocycles. The van der Waals surface area contributed by atoms with Crippen molar-refractivity contribution in [3.8, 4) is 17.0 Å². The standard InChI is InChI=1S/C17H18N4O2/c18-9-8-13-16(12-5-2-1-3-6-12)20-17-14(23-11-15(19)22)7-4-10-21(13)17/h1-7,10H,8-9,11,18H2,(H2,19,22). The lowest BCUT2D eigenvalue weighted by Gasteiger charge is -2.06. The summed E-state index contributed by atoms with van der Waals surface area (Å²) in [6.07, 6.45) is 2.60. The summed E-state index contributed by atoms with van der Waals surface area (Å²) in [5.74, 6) is -0.00391. The van der Waals surface area contributed by atoms with Gasteiger partial charge >= 0.3 is 0 Å². The summed E-state index contributed by atoms with van der Waals surface area (Å²) in [7, 11) is 0. The van der Waals surface area contributed by atoms with Crippen molar-refractivity contribution in [2.75, 3.05) is 13.2 Å². The third-order valence-corrected chi connectivity index (χ3v) is 3.51. The first-order valence-corrected chi connectivity index (χ1v) is 7.37. The van der Waals surface area contributed by atoms with Gasteiger partial charge in [0, 0.05) is 18.2 Å². The maximum atomic E-state index is 11.0. The number of nitrogens with two attached hydrogens (primary N) is 2. The fourth-order valence-corrected chi connectivity index (χ4v) is 2.56. The van der Waals surface area contributed by atoms with Crippen molar-refractivity contribution in [2.45, 2.75) is 6.42 Å². The minimum absolute atomic E-state index is 0.181. The largest absolute Gasteiger partial charge is 0.480 e. The molecule has 4 N–H and O–H groups in total. The second-order valence-electron chi connectivity index (χ2n) is 5.13. The second kappa shape index (κ2) is 6.50. The number of hydrogen-bond acceptors (Lipinski definition) is 4. The molecular formula is C17H18N4O2. The molecule has 0 spiro atoms. The van der Waals surface area contributed by atoms with Crippen LogP contribution < -0.4 is 16.2 Å². The minimum Gasteiger partial charge on any atom is -0.480 e. The van der Waals surface area contributed by atoms with E-state index in [0.717, 1.165) is 17.0 Å². The van der Waals surface area contributed by atoms with E-state index in [2.05, 4.69) is 0 Å². The first-order valence-electron chi connectivity index (χ1n) is 7.37. The number of hydrogen-bond donors (Lipinski definition) is 2. The molecule has 3 aromatic rings. The molecule has 2 heterocycles. The summed E-state index contributed by atoms with van der Waals surface area (Å²) < 4.78 is 7.42. The molecule has 0 bridgehead atoms. The molecule has 1 amide bonds. The van der Waals surface area contributed by atoms with Gasteiger partial charge in [-0.3, -0.25) is 4.79 Å². The SMILES string of the molecule is NCCc1c(-c2ccccc2)nc2c(OCC(N)=O)cccn12. The molecule has 0 unspecified atom stereocenters. The predicted molar refractivity (Wildman–Crippen MR) is 88.1 cm³/mol. The molecule has 118 valence electrons. The molecule has 0 atom stereocenters. The molecule has 0 fully saturated rings. The summed E-state index contributed by atoms with van der Waals surface area (Å²) in [4.78, 5) is 15.7. The number of imidazole rings is 1. The van der Waals surface area contributed by atoms with Gasteiger partial charge in [-0.2, -0.15) is 0 Å². The van der Waals surface area contributed by atoms with E-state index in [1.807, 2.05) is 47.0 Å². The van der Waals surface area contributed by atoms with Crippen LogP contribution in [0.15, 0.2) is 48.7 Å². The Morgan fingerprint density at radius 2 is 1.96 bits per heavy atom. The summed E-state index contributed by atoms with van der Waals surface area (Å²) in [5.41, 5.74) is 14.5. The molecule has 6 heteroatoms. The molecule has 2 aromatic heterocycles. The number of carbonyl (C=O) groups excluding carboxylic acids is 1. The van der Waals surface area contributed by atoms with Crippen LogP contribution in [0.3, 0.4) is 0 Å². The Labute approximate surface area is 133 Å². The number of carbonyl (C=O) groups is 1. The Bertz CT molecular complexity index is 827. The molecule has 0 saturated carbocycles. The highest BCUT2D eigenvalue weighted by Crippen LogP contribution is 2.28. The first-order chi connectivity index (χ1) is 11.2. The van der Waals surface area contributed by atoms with Crippen LogP contribution in [0.1, 0.15) is 5.69 Å². The molecule has 23 heavy (non-hydrogen) atoms. The van der Waals surface area contributed by atoms with Gasteiger partial charge in [0.1, 0.15) is 0 Å². The summed E-state index contributed by atoms with van der Waals surface area (Å²) in [6.45, 7) is 0.333. The van der Waals surface area contributed by atoms with Gasteiger partial charge in [0.25, 0.3) is 5.91 Å². The highest BCUT2D eigenvalue weighted by molar-refractivity contribution is 5.76. The number of pyridine rings is 1. The molecule has 3 rings (SSSR count). The van der Waals surface area contributed by atoms with E-state index in [9.17, 15) is 4.79 Å². The quantitative estimate of drug-likeness (QED) is 0.718. The van der Waals surface area contributed by atoms with E-state index in [1.165, 1.54) is 0 Å². The van der Waals surface area contributed by atoms with Crippen LogP contribution in [0, 0.1) is 0 Å². The van der Waals surface area contributed by atoms with Gasteiger partial charge in [0.2, 0.25) is 0 Å². The third kappa shape index (κ3) is 3.02. The van der Waals surface area contributed by atoms with E-state index in [4.69, 9.17) is 21.2 Å². The van der Waals surface area contributed by atoms with E-state index >= 15 is 0 Å². The normalized spacial score (nSPS) is 10.8. The monoisotopic (exact) mass is 310 g/mol. The van der Waals surface area contributed by atoms with Crippen LogP contribution in [0.4, 0.5) is 0 Å². The second-order valence-corrected chi connectivity index (χ2v) is 5.13. The van der Waals surface area contributed by atoms with Gasteiger partial charge in [0.15, 0.2) is 18.0 Å². The Kier molecular flexibility index (Phi) is 4.25. The maximum Gasteiger partial charge on any atom is 0.255 e. The Balaban J connectivity index is 2.15. The van der Waals surface area contributed by atoms with Gasteiger partial charge in [-0.25, -0.2) is 4.98 Å². The van der Waals surface area contributed by atoms with Gasteiger partial charge in [-0.15, -0.1) is 0 Å². The molecule has 0 aliphatic rings. The molecule has 0 saturated heterocycles. The number of nitrogens with zero attached hydrogens (tertiary/aromatic N) is 2. The van der Waals surface area contributed by atoms with Crippen molar-refractivity contribution in [1.29, 1.82) is 0 Å². The molecule has 6 nitrogen and oxygen atoms in total. The van der Waals surface area contributed by atoms with Crippen molar-refractivity contribution in [3.05, 3.63) is 54.4 Å². The van der Waals surface area contributed by atoms with E-state index in [1.54, 1.807) is 6.07 Å². The zero-order chi connectivity index (χ0) is 16.2. The van der Waals surface area contributed by atoms with Crippen LogP contribution in [0.5, 0.6) is 5.75 Å². The number of rotatable bonds is 6. The van der Waals surface area contributed by atoms with Gasteiger partial charge in [-0.1, -0.05) is 30.3 Å². The van der Waals surface area contributed by atoms with Crippen molar-refractivity contribution in [2.24, 2.45) is 11.5 Å². The van der Waals surface area contributed by atoms with Gasteiger partial charge in [0.05, 0.1) is 11.4 Å². The Morgan fingerprint density at radius 1 is 1.17 bits per heavy atom. The Hall–Kier alpha value is -2.86. The van der Waals surface area contributed by atoms with Crippen LogP contribution in [-0.2, 0) is 11.2 Å². The van der Waals surface area contributed by atoms with E-state index in [0.29, 0.717) is 24.4 Å². The predicted octanol–water partition coefficient (Wildman–Crippen LogP) is 1.37. The number of aromatic nitrogens is 2. The topological polar surface area (TPSA) is 95.6 Å². The smallest absolute Gasteiger partial charge is 0.255 e. The number of primary amides is 1. The number of fused-ring (bicyclic) bond motifs is 1. The summed E-state index contributed by atoms with van der Waals surface area (Å²) >= 11 is 0. The molecule has 1 aromatic carbocycles. The highest BCUT2D eigenvalue weighted by Gasteiger charge is 2.16. The molecule has 0 aliphatic carbocycles. The van der Waals surface area contributed by atoms with Crippen molar-refractivity contribution in [3.63, 3.8) is 0 Å². The summed E-state index contributed by atoms with van der Waals surface area (Å²) in [5, 5.41) is 0. The fraction of sp³-hybridized carbons (Fsp3) is 0.176. The number of amides is 1. The maximum absolute atomic E-state index is 11.0.